The van der Waals surface area contributed by atoms with Crippen LogP contribution in [0.15, 0.2) is 9.37 Å². The third-order valence-electron chi connectivity index (χ3n) is 3.05. The fourth-order valence-corrected chi connectivity index (χ4v) is 3.37. The van der Waals surface area contributed by atoms with Crippen LogP contribution in [0.1, 0.15) is 42.9 Å². The number of aromatic nitrogens is 4. The van der Waals surface area contributed by atoms with Crippen molar-refractivity contribution < 1.29 is 0 Å². The van der Waals surface area contributed by atoms with Gasteiger partial charge in [-0.2, -0.15) is 4.37 Å². The quantitative estimate of drug-likeness (QED) is 0.873. The van der Waals surface area contributed by atoms with Gasteiger partial charge >= 0.3 is 0 Å². The number of nitrogens with zero attached hydrogens (tertiary/aromatic N) is 4. The third kappa shape index (κ3) is 2.71. The number of rotatable bonds is 4. The SMILES string of the molecule is CCc1nsc(Sc2nc(C3CC3)nc(N)c2C)n1. The lowest BCUT2D eigenvalue weighted by molar-refractivity contribution is 0.867. The average molecular weight is 293 g/mol. The number of nitrogens with two attached hydrogens (primary N) is 1. The Kier molecular flexibility index (Phi) is 3.40. The van der Waals surface area contributed by atoms with Gasteiger partial charge in [0.15, 0.2) is 4.34 Å². The van der Waals surface area contributed by atoms with Crippen LogP contribution in [0.4, 0.5) is 5.82 Å². The van der Waals surface area contributed by atoms with E-state index in [4.69, 9.17) is 5.73 Å². The fraction of sp³-hybridized carbons (Fsp3) is 0.500. The number of hydrogen-bond acceptors (Lipinski definition) is 7. The molecule has 0 unspecified atom stereocenters. The summed E-state index contributed by atoms with van der Waals surface area (Å²) in [6.45, 7) is 4.01. The van der Waals surface area contributed by atoms with E-state index in [0.717, 1.165) is 33.0 Å². The first-order chi connectivity index (χ1) is 9.17. The van der Waals surface area contributed by atoms with Crippen molar-refractivity contribution in [1.82, 2.24) is 19.3 Å². The molecule has 0 aromatic carbocycles. The lowest BCUT2D eigenvalue weighted by Crippen LogP contribution is -2.03. The monoisotopic (exact) mass is 293 g/mol. The van der Waals surface area contributed by atoms with Crippen LogP contribution >= 0.6 is 23.3 Å². The molecule has 0 atom stereocenters. The third-order valence-corrected chi connectivity index (χ3v) is 4.93. The Morgan fingerprint density at radius 1 is 1.32 bits per heavy atom. The van der Waals surface area contributed by atoms with Crippen molar-refractivity contribution in [3.63, 3.8) is 0 Å². The van der Waals surface area contributed by atoms with Gasteiger partial charge in [0.05, 0.1) is 0 Å². The van der Waals surface area contributed by atoms with E-state index >= 15 is 0 Å². The van der Waals surface area contributed by atoms with Crippen LogP contribution in [0.5, 0.6) is 0 Å². The van der Waals surface area contributed by atoms with Crippen LogP contribution in [0.25, 0.3) is 0 Å². The van der Waals surface area contributed by atoms with Crippen molar-refractivity contribution in [2.75, 3.05) is 5.73 Å². The summed E-state index contributed by atoms with van der Waals surface area (Å²) in [4.78, 5) is 13.5. The second-order valence-corrected chi connectivity index (χ2v) is 6.59. The summed E-state index contributed by atoms with van der Waals surface area (Å²) in [6.07, 6.45) is 3.20. The molecular weight excluding hydrogens is 278 g/mol. The second-order valence-electron chi connectivity index (χ2n) is 4.60. The van der Waals surface area contributed by atoms with Crippen molar-refractivity contribution in [3.8, 4) is 0 Å². The van der Waals surface area contributed by atoms with E-state index in [1.807, 2.05) is 6.92 Å². The minimum Gasteiger partial charge on any atom is -0.383 e. The molecule has 19 heavy (non-hydrogen) atoms. The van der Waals surface area contributed by atoms with Crippen molar-refractivity contribution in [3.05, 3.63) is 17.2 Å². The highest BCUT2D eigenvalue weighted by Crippen LogP contribution is 2.40. The summed E-state index contributed by atoms with van der Waals surface area (Å²) in [5.41, 5.74) is 6.91. The van der Waals surface area contributed by atoms with Crippen molar-refractivity contribution in [1.29, 1.82) is 0 Å². The molecule has 2 heterocycles. The maximum absolute atomic E-state index is 5.97. The molecule has 1 fully saturated rings. The zero-order valence-corrected chi connectivity index (χ0v) is 12.5. The molecule has 7 heteroatoms. The lowest BCUT2D eigenvalue weighted by Gasteiger charge is -2.07. The lowest BCUT2D eigenvalue weighted by atomic mass is 10.3. The molecule has 0 amide bonds. The minimum absolute atomic E-state index is 0.503. The Balaban J connectivity index is 1.90. The van der Waals surface area contributed by atoms with Crippen LogP contribution < -0.4 is 5.73 Å². The summed E-state index contributed by atoms with van der Waals surface area (Å²) < 4.78 is 5.20. The molecule has 1 saturated carbocycles. The number of hydrogen-bond donors (Lipinski definition) is 1. The van der Waals surface area contributed by atoms with Gasteiger partial charge in [-0.05, 0) is 43.1 Å². The van der Waals surface area contributed by atoms with Gasteiger partial charge in [0.1, 0.15) is 22.5 Å². The maximum Gasteiger partial charge on any atom is 0.176 e. The molecule has 0 bridgehead atoms. The Morgan fingerprint density at radius 3 is 2.74 bits per heavy atom. The van der Waals surface area contributed by atoms with Gasteiger partial charge in [-0.1, -0.05) is 6.92 Å². The van der Waals surface area contributed by atoms with Gasteiger partial charge in [-0.25, -0.2) is 15.0 Å². The van der Waals surface area contributed by atoms with Crippen molar-refractivity contribution in [2.24, 2.45) is 0 Å². The molecule has 0 spiro atoms. The van der Waals surface area contributed by atoms with E-state index < -0.39 is 0 Å². The molecule has 2 aromatic rings. The van der Waals surface area contributed by atoms with E-state index in [-0.39, 0.29) is 0 Å². The first kappa shape index (κ1) is 12.8. The first-order valence-electron chi connectivity index (χ1n) is 6.31. The zero-order valence-electron chi connectivity index (χ0n) is 10.9. The van der Waals surface area contributed by atoms with Crippen molar-refractivity contribution in [2.45, 2.75) is 48.4 Å². The first-order valence-corrected chi connectivity index (χ1v) is 7.90. The normalized spacial score (nSPS) is 14.8. The second kappa shape index (κ2) is 5.05. The molecule has 3 rings (SSSR count). The molecule has 0 saturated heterocycles. The summed E-state index contributed by atoms with van der Waals surface area (Å²) in [6, 6.07) is 0. The number of nitrogen functional groups attached to an aromatic ring is 1. The molecule has 1 aliphatic rings. The highest BCUT2D eigenvalue weighted by atomic mass is 32.2. The minimum atomic E-state index is 0.503. The van der Waals surface area contributed by atoms with Crippen LogP contribution in [0.2, 0.25) is 0 Å². The Bertz CT molecular complexity index is 606. The van der Waals surface area contributed by atoms with E-state index in [9.17, 15) is 0 Å². The van der Waals surface area contributed by atoms with Crippen molar-refractivity contribution >= 4 is 29.1 Å². The predicted octanol–water partition coefficient (Wildman–Crippen LogP) is 2.81. The molecule has 0 aliphatic heterocycles. The molecular formula is C12H15N5S2. The number of anilines is 1. The van der Waals surface area contributed by atoms with E-state index in [2.05, 4.69) is 26.2 Å². The molecule has 2 N–H and O–H groups in total. The number of aryl methyl sites for hydroxylation is 1. The average Bonchev–Trinajstić information content (AvgIpc) is 3.15. The molecule has 2 aromatic heterocycles. The van der Waals surface area contributed by atoms with Crippen LogP contribution in [-0.4, -0.2) is 19.3 Å². The summed E-state index contributed by atoms with van der Waals surface area (Å²) >= 11 is 2.95. The van der Waals surface area contributed by atoms with Gasteiger partial charge in [0.25, 0.3) is 0 Å². The topological polar surface area (TPSA) is 77.6 Å². The summed E-state index contributed by atoms with van der Waals surface area (Å²) in [5, 5.41) is 0.910. The summed E-state index contributed by atoms with van der Waals surface area (Å²) in [7, 11) is 0. The van der Waals surface area contributed by atoms with E-state index in [1.54, 1.807) is 0 Å². The molecule has 0 radical (unpaired) electrons. The molecule has 100 valence electrons. The van der Waals surface area contributed by atoms with Gasteiger partial charge in [0.2, 0.25) is 0 Å². The smallest absolute Gasteiger partial charge is 0.176 e. The van der Waals surface area contributed by atoms with Crippen LogP contribution in [0.3, 0.4) is 0 Å². The maximum atomic E-state index is 5.97. The Morgan fingerprint density at radius 2 is 2.11 bits per heavy atom. The zero-order chi connectivity index (χ0) is 13.4. The van der Waals surface area contributed by atoms with Gasteiger partial charge in [0, 0.05) is 17.9 Å². The Labute approximate surface area is 120 Å². The van der Waals surface area contributed by atoms with Gasteiger partial charge in [-0.3, -0.25) is 0 Å². The van der Waals surface area contributed by atoms with Crippen LogP contribution in [0, 0.1) is 6.92 Å². The predicted molar refractivity (Wildman–Crippen MR) is 76.6 cm³/mol. The highest BCUT2D eigenvalue weighted by molar-refractivity contribution is 8.00. The Hall–Kier alpha value is -1.21. The van der Waals surface area contributed by atoms with E-state index in [0.29, 0.717) is 11.7 Å². The van der Waals surface area contributed by atoms with Gasteiger partial charge < -0.3 is 5.73 Å². The molecule has 5 nitrogen and oxygen atoms in total. The highest BCUT2D eigenvalue weighted by Gasteiger charge is 2.28. The molecule has 1 aliphatic carbocycles. The fourth-order valence-electron chi connectivity index (χ4n) is 1.66. The standard InChI is InChI=1S/C12H15N5S2/c1-3-8-14-12(19-17-8)18-11-6(2)9(13)15-10(16-11)7-4-5-7/h7H,3-5H2,1-2H3,(H2,13,15,16). The summed E-state index contributed by atoms with van der Waals surface area (Å²) in [5.74, 6) is 2.85. The van der Waals surface area contributed by atoms with Crippen LogP contribution in [-0.2, 0) is 6.42 Å². The largest absolute Gasteiger partial charge is 0.383 e. The van der Waals surface area contributed by atoms with E-state index in [1.165, 1.54) is 36.1 Å². The van der Waals surface area contributed by atoms with Gasteiger partial charge in [-0.15, -0.1) is 0 Å².